The van der Waals surface area contributed by atoms with Crippen LogP contribution in [0.3, 0.4) is 0 Å². The summed E-state index contributed by atoms with van der Waals surface area (Å²) in [4.78, 5) is 0. The van der Waals surface area contributed by atoms with E-state index in [9.17, 15) is 0 Å². The summed E-state index contributed by atoms with van der Waals surface area (Å²) in [7, 11) is 0. The largest absolute Gasteiger partial charge is 0.314 e. The zero-order valence-corrected chi connectivity index (χ0v) is 10.4. The maximum absolute atomic E-state index is 6.11. The standard InChI is InChI=1S/C10H12Cl2N2.ClH/c11-7-2-1-3-8(12)10(7)9-6-13-4-5-14-9;/h1-3,9,13-14H,4-6H2;1H/t9-;/m0./s1. The number of benzene rings is 1. The van der Waals surface area contributed by atoms with Gasteiger partial charge in [-0.1, -0.05) is 29.3 Å². The molecule has 0 radical (unpaired) electrons. The van der Waals surface area contributed by atoms with E-state index in [1.165, 1.54) is 0 Å². The number of rotatable bonds is 1. The number of halogens is 3. The molecule has 1 aromatic carbocycles. The van der Waals surface area contributed by atoms with Gasteiger partial charge >= 0.3 is 0 Å². The van der Waals surface area contributed by atoms with Crippen LogP contribution in [0.2, 0.25) is 10.0 Å². The molecule has 0 bridgehead atoms. The highest BCUT2D eigenvalue weighted by Gasteiger charge is 2.19. The molecule has 2 N–H and O–H groups in total. The summed E-state index contributed by atoms with van der Waals surface area (Å²) in [5, 5.41) is 8.16. The van der Waals surface area contributed by atoms with E-state index in [-0.39, 0.29) is 18.4 Å². The molecular formula is C10H13Cl3N2. The fraction of sp³-hybridized carbons (Fsp3) is 0.400. The normalized spacial score (nSPS) is 20.8. The first kappa shape index (κ1) is 13.1. The minimum absolute atomic E-state index is 0. The fourth-order valence-electron chi connectivity index (χ4n) is 1.70. The molecule has 0 aliphatic carbocycles. The van der Waals surface area contributed by atoms with Gasteiger partial charge in [0.25, 0.3) is 0 Å². The van der Waals surface area contributed by atoms with Gasteiger partial charge in [-0.2, -0.15) is 0 Å². The van der Waals surface area contributed by atoms with Gasteiger partial charge in [-0.3, -0.25) is 0 Å². The number of hydrogen-bond donors (Lipinski definition) is 2. The Balaban J connectivity index is 0.00000112. The molecule has 2 rings (SSSR count). The van der Waals surface area contributed by atoms with Crippen molar-refractivity contribution in [3.05, 3.63) is 33.8 Å². The Labute approximate surface area is 106 Å². The van der Waals surface area contributed by atoms with Crippen LogP contribution in [-0.4, -0.2) is 19.6 Å². The van der Waals surface area contributed by atoms with Gasteiger partial charge in [-0.05, 0) is 12.1 Å². The van der Waals surface area contributed by atoms with E-state index in [4.69, 9.17) is 23.2 Å². The second kappa shape index (κ2) is 5.92. The molecule has 84 valence electrons. The van der Waals surface area contributed by atoms with Crippen LogP contribution in [0.25, 0.3) is 0 Å². The molecule has 15 heavy (non-hydrogen) atoms. The van der Waals surface area contributed by atoms with Crippen molar-refractivity contribution in [1.29, 1.82) is 0 Å². The fourth-order valence-corrected chi connectivity index (χ4v) is 2.36. The molecule has 2 nitrogen and oxygen atoms in total. The van der Waals surface area contributed by atoms with Gasteiger partial charge in [0.15, 0.2) is 0 Å². The Morgan fingerprint density at radius 3 is 2.33 bits per heavy atom. The van der Waals surface area contributed by atoms with Crippen molar-refractivity contribution in [1.82, 2.24) is 10.6 Å². The Kier molecular flexibility index (Phi) is 5.16. The molecule has 1 aliphatic rings. The van der Waals surface area contributed by atoms with Crippen LogP contribution in [0.15, 0.2) is 18.2 Å². The van der Waals surface area contributed by atoms with Crippen molar-refractivity contribution in [3.8, 4) is 0 Å². The van der Waals surface area contributed by atoms with E-state index >= 15 is 0 Å². The van der Waals surface area contributed by atoms with E-state index in [0.717, 1.165) is 35.2 Å². The molecule has 1 saturated heterocycles. The molecule has 1 fully saturated rings. The Morgan fingerprint density at radius 2 is 1.80 bits per heavy atom. The lowest BCUT2D eigenvalue weighted by Crippen LogP contribution is -2.42. The van der Waals surface area contributed by atoms with Gasteiger partial charge in [0, 0.05) is 41.3 Å². The topological polar surface area (TPSA) is 24.1 Å². The first-order valence-corrected chi connectivity index (χ1v) is 5.42. The number of hydrogen-bond acceptors (Lipinski definition) is 2. The Hall–Kier alpha value is 0.01000. The van der Waals surface area contributed by atoms with Gasteiger partial charge < -0.3 is 10.6 Å². The maximum atomic E-state index is 6.11. The molecule has 0 unspecified atom stereocenters. The molecule has 1 heterocycles. The van der Waals surface area contributed by atoms with Crippen molar-refractivity contribution in [2.24, 2.45) is 0 Å². The predicted octanol–water partition coefficient (Wildman–Crippen LogP) is 2.65. The van der Waals surface area contributed by atoms with E-state index in [1.54, 1.807) is 0 Å². The second-order valence-corrected chi connectivity index (χ2v) is 4.16. The lowest BCUT2D eigenvalue weighted by atomic mass is 10.1. The third kappa shape index (κ3) is 2.99. The summed E-state index contributed by atoms with van der Waals surface area (Å²) in [6.07, 6.45) is 0. The molecule has 1 aromatic rings. The Morgan fingerprint density at radius 1 is 1.13 bits per heavy atom. The summed E-state index contributed by atoms with van der Waals surface area (Å²) < 4.78 is 0. The van der Waals surface area contributed by atoms with E-state index < -0.39 is 0 Å². The van der Waals surface area contributed by atoms with Crippen molar-refractivity contribution in [3.63, 3.8) is 0 Å². The summed E-state index contributed by atoms with van der Waals surface area (Å²) >= 11 is 12.2. The van der Waals surface area contributed by atoms with Gasteiger partial charge in [0.05, 0.1) is 0 Å². The predicted molar refractivity (Wildman–Crippen MR) is 67.3 cm³/mol. The first-order valence-electron chi connectivity index (χ1n) is 4.67. The lowest BCUT2D eigenvalue weighted by molar-refractivity contribution is 0.430. The van der Waals surface area contributed by atoms with Crippen LogP contribution in [0.5, 0.6) is 0 Å². The first-order chi connectivity index (χ1) is 6.79. The summed E-state index contributed by atoms with van der Waals surface area (Å²) in [5.74, 6) is 0. The van der Waals surface area contributed by atoms with Gasteiger partial charge in [-0.25, -0.2) is 0 Å². The van der Waals surface area contributed by atoms with Crippen LogP contribution in [0.1, 0.15) is 11.6 Å². The molecular weight excluding hydrogens is 254 g/mol. The van der Waals surface area contributed by atoms with Crippen LogP contribution in [0.4, 0.5) is 0 Å². The number of nitrogens with one attached hydrogen (secondary N) is 2. The van der Waals surface area contributed by atoms with Crippen molar-refractivity contribution < 1.29 is 0 Å². The summed E-state index contributed by atoms with van der Waals surface area (Å²) in [6.45, 7) is 2.83. The van der Waals surface area contributed by atoms with Crippen LogP contribution >= 0.6 is 35.6 Å². The maximum Gasteiger partial charge on any atom is 0.0476 e. The Bertz CT molecular complexity index is 304. The quantitative estimate of drug-likeness (QED) is 0.817. The minimum atomic E-state index is 0. The molecule has 0 spiro atoms. The molecule has 0 amide bonds. The monoisotopic (exact) mass is 266 g/mol. The highest BCUT2D eigenvalue weighted by Crippen LogP contribution is 2.30. The van der Waals surface area contributed by atoms with Crippen molar-refractivity contribution in [2.45, 2.75) is 6.04 Å². The summed E-state index contributed by atoms with van der Waals surface area (Å²) in [6, 6.07) is 5.84. The lowest BCUT2D eigenvalue weighted by Gasteiger charge is -2.26. The summed E-state index contributed by atoms with van der Waals surface area (Å²) in [5.41, 5.74) is 1.00. The average Bonchev–Trinajstić information content (AvgIpc) is 2.19. The van der Waals surface area contributed by atoms with Gasteiger partial charge in [0.2, 0.25) is 0 Å². The molecule has 0 aromatic heterocycles. The van der Waals surface area contributed by atoms with Crippen molar-refractivity contribution >= 4 is 35.6 Å². The zero-order valence-electron chi connectivity index (χ0n) is 8.09. The van der Waals surface area contributed by atoms with Gasteiger partial charge in [0.1, 0.15) is 0 Å². The van der Waals surface area contributed by atoms with Crippen molar-refractivity contribution in [2.75, 3.05) is 19.6 Å². The van der Waals surface area contributed by atoms with Gasteiger partial charge in [-0.15, -0.1) is 12.4 Å². The minimum Gasteiger partial charge on any atom is -0.314 e. The molecule has 1 atom stereocenters. The molecule has 0 saturated carbocycles. The van der Waals surface area contributed by atoms with E-state index in [0.29, 0.717) is 0 Å². The molecule has 5 heteroatoms. The SMILES string of the molecule is Cl.Clc1cccc(Cl)c1[C@@H]1CNCCN1. The third-order valence-electron chi connectivity index (χ3n) is 2.39. The zero-order chi connectivity index (χ0) is 9.97. The smallest absolute Gasteiger partial charge is 0.0476 e. The van der Waals surface area contributed by atoms with E-state index in [1.807, 2.05) is 18.2 Å². The highest BCUT2D eigenvalue weighted by atomic mass is 35.5. The van der Waals surface area contributed by atoms with Crippen LogP contribution in [0, 0.1) is 0 Å². The average molecular weight is 268 g/mol. The van der Waals surface area contributed by atoms with Crippen LogP contribution < -0.4 is 10.6 Å². The second-order valence-electron chi connectivity index (χ2n) is 3.35. The molecule has 1 aliphatic heterocycles. The number of piperazine rings is 1. The van der Waals surface area contributed by atoms with Crippen LogP contribution in [-0.2, 0) is 0 Å². The highest BCUT2D eigenvalue weighted by molar-refractivity contribution is 6.36. The third-order valence-corrected chi connectivity index (χ3v) is 3.05. The van der Waals surface area contributed by atoms with E-state index in [2.05, 4.69) is 10.6 Å².